The van der Waals surface area contributed by atoms with Crippen LogP contribution in [0.1, 0.15) is 31.2 Å². The molecule has 27 heavy (non-hydrogen) atoms. The highest BCUT2D eigenvalue weighted by Crippen LogP contribution is 2.42. The van der Waals surface area contributed by atoms with Crippen LogP contribution in [0.5, 0.6) is 0 Å². The van der Waals surface area contributed by atoms with Crippen LogP contribution in [0.3, 0.4) is 0 Å². The van der Waals surface area contributed by atoms with E-state index >= 15 is 0 Å². The molecule has 1 fully saturated rings. The summed E-state index contributed by atoms with van der Waals surface area (Å²) < 4.78 is 80.9. The molecule has 0 aliphatic heterocycles. The first-order chi connectivity index (χ1) is 12.6. The molecule has 2 atom stereocenters. The number of sulfone groups is 1. The van der Waals surface area contributed by atoms with Crippen molar-refractivity contribution in [3.63, 3.8) is 0 Å². The molecule has 0 amide bonds. The summed E-state index contributed by atoms with van der Waals surface area (Å²) in [5.41, 5.74) is -4.01. The molecule has 2 unspecified atom stereocenters. The Bertz CT molecular complexity index is 890. The van der Waals surface area contributed by atoms with Gasteiger partial charge in [-0.3, -0.25) is 0 Å². The lowest BCUT2D eigenvalue weighted by Crippen LogP contribution is -2.38. The van der Waals surface area contributed by atoms with E-state index in [4.69, 9.17) is 16.3 Å². The van der Waals surface area contributed by atoms with Crippen LogP contribution >= 0.6 is 11.6 Å². The minimum Gasteiger partial charge on any atom is -0.489 e. The summed E-state index contributed by atoms with van der Waals surface area (Å²) in [5, 5.41) is -1.12. The first-order valence-electron chi connectivity index (χ1n) is 8.35. The highest BCUT2D eigenvalue weighted by atomic mass is 35.5. The lowest BCUT2D eigenvalue weighted by molar-refractivity contribution is -0.0448. The van der Waals surface area contributed by atoms with Crippen molar-refractivity contribution in [2.45, 2.75) is 43.0 Å². The molecule has 0 radical (unpaired) electrons. The van der Waals surface area contributed by atoms with Gasteiger partial charge < -0.3 is 4.74 Å². The summed E-state index contributed by atoms with van der Waals surface area (Å²) in [6.07, 6.45) is 3.96. The van der Waals surface area contributed by atoms with E-state index in [1.54, 1.807) is 18.2 Å². The van der Waals surface area contributed by atoms with Crippen molar-refractivity contribution in [3.05, 3.63) is 58.1 Å². The Morgan fingerprint density at radius 3 is 2.67 bits per heavy atom. The second-order valence-electron chi connectivity index (χ2n) is 6.67. The molecule has 2 aliphatic rings. The molecule has 148 valence electrons. The fourth-order valence-electron chi connectivity index (χ4n) is 3.43. The number of hydrogen-bond donors (Lipinski definition) is 0. The summed E-state index contributed by atoms with van der Waals surface area (Å²) in [7, 11) is -5.15. The lowest BCUT2D eigenvalue weighted by atomic mass is 9.79. The van der Waals surface area contributed by atoms with Gasteiger partial charge in [0.05, 0.1) is 5.25 Å². The third-order valence-electron chi connectivity index (χ3n) is 4.93. The fraction of sp³-hybridized carbons (Fsp3) is 0.444. The lowest BCUT2D eigenvalue weighted by Gasteiger charge is -2.33. The standard InChI is InChI=1S/C18H17ClF4O3S/c19-14-4-1-13(17(20)9-14)10-26-15-5-2-12-8-16(6-3-11(12)7-15)27(24,25)18(21,22)23/h1,4-5,7,9,12,16H,2-3,6,8,10H2. The van der Waals surface area contributed by atoms with E-state index in [9.17, 15) is 26.0 Å². The Balaban J connectivity index is 1.63. The largest absolute Gasteiger partial charge is 0.497 e. The van der Waals surface area contributed by atoms with Gasteiger partial charge in [-0.2, -0.15) is 13.2 Å². The quantitative estimate of drug-likeness (QED) is 0.615. The normalized spacial score (nSPS) is 23.3. The Hall–Kier alpha value is -1.54. The van der Waals surface area contributed by atoms with E-state index in [0.29, 0.717) is 17.7 Å². The number of allylic oxidation sites excluding steroid dienone is 3. The van der Waals surface area contributed by atoms with Crippen molar-refractivity contribution in [2.75, 3.05) is 0 Å². The van der Waals surface area contributed by atoms with Crippen LogP contribution in [0.4, 0.5) is 17.6 Å². The van der Waals surface area contributed by atoms with E-state index < -0.39 is 26.4 Å². The topological polar surface area (TPSA) is 43.4 Å². The maximum Gasteiger partial charge on any atom is 0.497 e. The zero-order valence-electron chi connectivity index (χ0n) is 14.1. The SMILES string of the molecule is O=S(=O)(C1CCC2=CC(OCc3ccc(Cl)cc3F)=CCC2C1)C(F)(F)F. The van der Waals surface area contributed by atoms with Crippen molar-refractivity contribution in [3.8, 4) is 0 Å². The zero-order valence-corrected chi connectivity index (χ0v) is 15.7. The van der Waals surface area contributed by atoms with Gasteiger partial charge >= 0.3 is 5.51 Å². The maximum atomic E-state index is 13.8. The van der Waals surface area contributed by atoms with Gasteiger partial charge in [-0.25, -0.2) is 12.8 Å². The van der Waals surface area contributed by atoms with Crippen LogP contribution in [0.2, 0.25) is 5.02 Å². The molecule has 0 aromatic heterocycles. The predicted octanol–water partition coefficient (Wildman–Crippen LogP) is 5.31. The third-order valence-corrected chi connectivity index (χ3v) is 7.12. The van der Waals surface area contributed by atoms with Gasteiger partial charge in [-0.1, -0.05) is 23.2 Å². The maximum absolute atomic E-state index is 13.8. The number of rotatable bonds is 4. The molecule has 1 saturated carbocycles. The van der Waals surface area contributed by atoms with Crippen LogP contribution in [-0.2, 0) is 21.2 Å². The Morgan fingerprint density at radius 1 is 1.26 bits per heavy atom. The average molecular weight is 425 g/mol. The first kappa shape index (κ1) is 20.2. The highest BCUT2D eigenvalue weighted by Gasteiger charge is 2.51. The average Bonchev–Trinajstić information content (AvgIpc) is 2.59. The van der Waals surface area contributed by atoms with Crippen LogP contribution in [-0.4, -0.2) is 19.2 Å². The third kappa shape index (κ3) is 4.32. The number of hydrogen-bond acceptors (Lipinski definition) is 3. The van der Waals surface area contributed by atoms with E-state index in [0.717, 1.165) is 5.57 Å². The minimum atomic E-state index is -5.22. The monoisotopic (exact) mass is 424 g/mol. The molecule has 1 aromatic carbocycles. The second kappa shape index (κ2) is 7.47. The molecule has 3 nitrogen and oxygen atoms in total. The van der Waals surface area contributed by atoms with Gasteiger partial charge in [0.15, 0.2) is 0 Å². The van der Waals surface area contributed by atoms with Gasteiger partial charge in [0.2, 0.25) is 0 Å². The van der Waals surface area contributed by atoms with E-state index in [1.807, 2.05) is 0 Å². The number of halogens is 5. The molecule has 0 saturated heterocycles. The first-order valence-corrected chi connectivity index (χ1v) is 10.3. The van der Waals surface area contributed by atoms with Crippen LogP contribution in [0, 0.1) is 11.7 Å². The molecular weight excluding hydrogens is 408 g/mol. The van der Waals surface area contributed by atoms with Crippen molar-refractivity contribution in [1.82, 2.24) is 0 Å². The van der Waals surface area contributed by atoms with E-state index in [2.05, 4.69) is 0 Å². The van der Waals surface area contributed by atoms with Crippen molar-refractivity contribution in [1.29, 1.82) is 0 Å². The van der Waals surface area contributed by atoms with E-state index in [1.165, 1.54) is 12.1 Å². The van der Waals surface area contributed by atoms with Crippen molar-refractivity contribution < 1.29 is 30.7 Å². The Kier molecular flexibility index (Phi) is 5.59. The highest BCUT2D eigenvalue weighted by molar-refractivity contribution is 7.92. The summed E-state index contributed by atoms with van der Waals surface area (Å²) in [6.45, 7) is -0.00560. The smallest absolute Gasteiger partial charge is 0.489 e. The number of benzene rings is 1. The van der Waals surface area contributed by atoms with Crippen LogP contribution in [0.15, 0.2) is 41.7 Å². The molecule has 1 aromatic rings. The predicted molar refractivity (Wildman–Crippen MR) is 93.1 cm³/mol. The fourth-order valence-corrected chi connectivity index (χ4v) is 4.88. The zero-order chi connectivity index (χ0) is 19.8. The molecule has 3 rings (SSSR count). The summed E-state index contributed by atoms with van der Waals surface area (Å²) in [6, 6.07) is 4.26. The van der Waals surface area contributed by atoms with Crippen LogP contribution < -0.4 is 0 Å². The minimum absolute atomic E-state index is 0.00560. The van der Waals surface area contributed by atoms with Gasteiger partial charge in [-0.15, -0.1) is 0 Å². The molecule has 0 spiro atoms. The van der Waals surface area contributed by atoms with Gasteiger partial charge in [0.25, 0.3) is 9.84 Å². The van der Waals surface area contributed by atoms with Crippen LogP contribution in [0.25, 0.3) is 0 Å². The van der Waals surface area contributed by atoms with Crippen molar-refractivity contribution in [2.24, 2.45) is 5.92 Å². The number of alkyl halides is 3. The molecule has 2 aliphatic carbocycles. The molecular formula is C18H17ClF4O3S. The summed E-state index contributed by atoms with van der Waals surface area (Å²) in [5.74, 6) is -0.226. The Labute approximate surface area is 159 Å². The van der Waals surface area contributed by atoms with Gasteiger partial charge in [-0.05, 0) is 55.9 Å². The second-order valence-corrected chi connectivity index (χ2v) is 9.33. The summed E-state index contributed by atoms with van der Waals surface area (Å²) >= 11 is 5.70. The molecule has 0 heterocycles. The van der Waals surface area contributed by atoms with E-state index in [-0.39, 0.29) is 36.8 Å². The number of ether oxygens (including phenoxy) is 1. The van der Waals surface area contributed by atoms with Gasteiger partial charge in [0.1, 0.15) is 18.2 Å². The van der Waals surface area contributed by atoms with Crippen molar-refractivity contribution >= 4 is 21.4 Å². The summed E-state index contributed by atoms with van der Waals surface area (Å²) in [4.78, 5) is 0. The Morgan fingerprint density at radius 2 is 2.00 bits per heavy atom. The molecule has 0 bridgehead atoms. The van der Waals surface area contributed by atoms with Gasteiger partial charge in [0, 0.05) is 10.6 Å². The molecule has 0 N–H and O–H groups in total. The molecule has 9 heteroatoms. The number of fused-ring (bicyclic) bond motifs is 1.